The highest BCUT2D eigenvalue weighted by Gasteiger charge is 2.33. The van der Waals surface area contributed by atoms with E-state index in [0.29, 0.717) is 109 Å². The maximum absolute atomic E-state index is 12.8. The number of aromatic nitrogens is 2. The lowest BCUT2D eigenvalue weighted by Crippen LogP contribution is -2.25. The quantitative estimate of drug-likeness (QED) is 0.00394. The van der Waals surface area contributed by atoms with Gasteiger partial charge >= 0.3 is 36.2 Å². The number of aliphatic imine (C=N–C) groups is 4. The van der Waals surface area contributed by atoms with E-state index in [2.05, 4.69) is 63.3 Å². The van der Waals surface area contributed by atoms with E-state index in [1.54, 1.807) is 93.2 Å². The highest BCUT2D eigenvalue weighted by Crippen LogP contribution is 2.45. The summed E-state index contributed by atoms with van der Waals surface area (Å²) >= 11 is 27.9. The molecule has 25 nitrogen and oxygen atoms in total. The Hall–Kier alpha value is -13.0. The van der Waals surface area contributed by atoms with Crippen molar-refractivity contribution in [1.82, 2.24) is 15.1 Å². The lowest BCUT2D eigenvalue weighted by Gasteiger charge is -2.19. The number of carbonyl (C=O) groups excluding carboxylic acids is 4. The molecule has 0 radical (unpaired) electrons. The first-order valence-corrected chi connectivity index (χ1v) is 44.6. The van der Waals surface area contributed by atoms with E-state index in [9.17, 15) is 85.3 Å². The number of aryl methyl sites for hydroxylation is 1. The zero-order valence-electron chi connectivity index (χ0n) is 71.9. The van der Waals surface area contributed by atoms with Crippen LogP contribution in [0, 0.1) is 10.1 Å². The Bertz CT molecular complexity index is 6550. The van der Waals surface area contributed by atoms with Gasteiger partial charge in [-0.05, 0) is 151 Å². The molecule has 692 valence electrons. The summed E-state index contributed by atoms with van der Waals surface area (Å²) in [4.78, 5) is 114. The van der Waals surface area contributed by atoms with Crippen LogP contribution in [0.15, 0.2) is 206 Å². The van der Waals surface area contributed by atoms with Crippen LogP contribution in [0.2, 0.25) is 10.0 Å². The molecule has 0 aliphatic heterocycles. The number of nitrogens with one attached hydrogen (secondary N) is 1. The number of benzene rings is 7. The van der Waals surface area contributed by atoms with Crippen LogP contribution in [0.4, 0.5) is 32.0 Å². The number of aliphatic hydroxyl groups is 1. The van der Waals surface area contributed by atoms with E-state index >= 15 is 0 Å². The molecule has 0 atom stereocenters. The van der Waals surface area contributed by atoms with Crippen LogP contribution in [0.5, 0.6) is 23.0 Å². The minimum absolute atomic E-state index is 0.0553. The number of Topliss-reactive ketones (excluding diaryl/α,β-unsaturated/α-hetero) is 2. The topological polar surface area (TPSA) is 393 Å². The number of alkyl halides is 6. The molecule has 133 heavy (non-hydrogen) atoms. The van der Waals surface area contributed by atoms with E-state index < -0.39 is 69.3 Å². The molecule has 39 heteroatoms. The lowest BCUT2D eigenvalue weighted by atomic mass is 9.86. The number of hydrogen-bond acceptors (Lipinski definition) is 25. The molecular weight excluding hydrogens is 1890 g/mol. The van der Waals surface area contributed by atoms with Crippen molar-refractivity contribution in [1.29, 1.82) is 0 Å². The maximum Gasteiger partial charge on any atom is 0.416 e. The Morgan fingerprint density at radius 1 is 0.511 bits per heavy atom. The normalized spacial score (nSPS) is 11.9. The number of rotatable bonds is 30. The summed E-state index contributed by atoms with van der Waals surface area (Å²) in [5.74, 6) is -5.08. The van der Waals surface area contributed by atoms with Crippen molar-refractivity contribution in [3.63, 3.8) is 0 Å². The second-order valence-electron chi connectivity index (χ2n) is 30.2. The van der Waals surface area contributed by atoms with Gasteiger partial charge in [0, 0.05) is 110 Å². The van der Waals surface area contributed by atoms with Gasteiger partial charge in [0.15, 0.2) is 23.1 Å². The molecule has 12 aromatic rings. The average molecular weight is 1970 g/mol. The molecule has 1 amide bonds. The first-order chi connectivity index (χ1) is 62.6. The maximum atomic E-state index is 12.8. The molecule has 0 saturated heterocycles. The van der Waals surface area contributed by atoms with Crippen molar-refractivity contribution in [3.05, 3.63) is 288 Å². The molecule has 5 heterocycles. The average Bonchev–Trinajstić information content (AvgIpc) is 1.67. The Morgan fingerprint density at radius 2 is 0.962 bits per heavy atom. The van der Waals surface area contributed by atoms with Gasteiger partial charge in [-0.25, -0.2) is 14.4 Å². The number of halogens is 8. The molecule has 0 aliphatic carbocycles. The van der Waals surface area contributed by atoms with Crippen LogP contribution in [-0.2, 0) is 42.5 Å². The van der Waals surface area contributed by atoms with Gasteiger partial charge in [0.25, 0.3) is 11.6 Å². The smallest absolute Gasteiger partial charge is 0.416 e. The highest BCUT2D eigenvalue weighted by molar-refractivity contribution is 7.80. The van der Waals surface area contributed by atoms with Gasteiger partial charge in [0.1, 0.15) is 41.5 Å². The first-order valence-electron chi connectivity index (χ1n) is 39.5. The Balaban J connectivity index is 0.000000199. The van der Waals surface area contributed by atoms with Crippen molar-refractivity contribution in [2.45, 2.75) is 86.0 Å². The van der Waals surface area contributed by atoms with Crippen LogP contribution < -0.4 is 10.1 Å². The third-order valence-corrected chi connectivity index (χ3v) is 25.0. The van der Waals surface area contributed by atoms with Crippen molar-refractivity contribution in [2.24, 2.45) is 27.0 Å². The zero-order valence-corrected chi connectivity index (χ0v) is 78.3. The van der Waals surface area contributed by atoms with Gasteiger partial charge in [0.2, 0.25) is 0 Å². The molecule has 0 spiro atoms. The number of ether oxygens (including phenoxy) is 1. The number of carbonyl (C=O) groups is 7. The summed E-state index contributed by atoms with van der Waals surface area (Å²) in [6.45, 7) is 14.4. The number of nitro groups is 1. The zero-order chi connectivity index (χ0) is 97.8. The molecular formula is C94H82Cl2F6N8O17S6. The molecule has 0 saturated carbocycles. The van der Waals surface area contributed by atoms with Gasteiger partial charge in [-0.2, -0.15) is 31.4 Å². The van der Waals surface area contributed by atoms with Crippen molar-refractivity contribution in [3.8, 4) is 65.6 Å². The van der Waals surface area contributed by atoms with E-state index in [1.165, 1.54) is 88.4 Å². The van der Waals surface area contributed by atoms with Gasteiger partial charge < -0.3 is 45.8 Å². The Labute approximate surface area is 793 Å². The number of amides is 1. The molecule has 5 aromatic heterocycles. The molecule has 0 fully saturated rings. The number of carboxylic acids is 3. The summed E-state index contributed by atoms with van der Waals surface area (Å²) in [5, 5.41) is 92.0. The number of thiophene rings is 4. The molecule has 0 aliphatic rings. The lowest BCUT2D eigenvalue weighted by molar-refractivity contribution is -0.385. The van der Waals surface area contributed by atoms with E-state index in [4.69, 9.17) is 72.8 Å². The number of ketones is 2. The van der Waals surface area contributed by atoms with E-state index in [-0.39, 0.29) is 101 Å². The van der Waals surface area contributed by atoms with Crippen LogP contribution in [0.1, 0.15) is 166 Å². The van der Waals surface area contributed by atoms with Gasteiger partial charge in [-0.1, -0.05) is 147 Å². The van der Waals surface area contributed by atoms with Crippen LogP contribution in [0.25, 0.3) is 42.6 Å². The fourth-order valence-electron chi connectivity index (χ4n) is 12.5. The second kappa shape index (κ2) is 45.9. The number of carboxylic acid groups (broad SMARTS) is 3. The number of nitro benzene ring substituents is 1. The second-order valence-corrected chi connectivity index (χ2v) is 35.9. The molecule has 7 aromatic carbocycles. The molecule has 12 rings (SSSR count). The van der Waals surface area contributed by atoms with Crippen molar-refractivity contribution >= 4 is 173 Å². The fourth-order valence-corrected chi connectivity index (χ4v) is 17.2. The van der Waals surface area contributed by atoms with Crippen molar-refractivity contribution in [2.75, 3.05) is 39.3 Å². The van der Waals surface area contributed by atoms with Gasteiger partial charge in [-0.15, -0.1) is 45.3 Å². The largest absolute Gasteiger partial charge is 0.506 e. The number of hydrogen-bond donors (Lipinski definition) is 8. The third-order valence-electron chi connectivity index (χ3n) is 19.5. The summed E-state index contributed by atoms with van der Waals surface area (Å²) in [6.07, 6.45) is -8.05. The van der Waals surface area contributed by atoms with Crippen LogP contribution in [-0.4, -0.2) is 164 Å². The minimum Gasteiger partial charge on any atom is -0.506 e. The van der Waals surface area contributed by atoms with Crippen LogP contribution in [0.3, 0.4) is 0 Å². The first kappa shape index (κ1) is 104. The molecule has 0 unspecified atom stereocenters. The van der Waals surface area contributed by atoms with Crippen molar-refractivity contribution < 1.29 is 105 Å². The number of nitrogens with zero attached hydrogens (tertiary/aromatic N) is 7. The summed E-state index contributed by atoms with van der Waals surface area (Å²) in [6, 6.07) is 41.6. The summed E-state index contributed by atoms with van der Waals surface area (Å²) in [7, 11) is 1.57. The minimum atomic E-state index is -4.45. The summed E-state index contributed by atoms with van der Waals surface area (Å²) < 4.78 is 83.5. The standard InChI is InChI=1S/C26H27NO3S2.C23H16Cl2N2O7S.C23H20F3N3O3S.C22H19F3N2O4S2/c1-16(27-14-21(31)13-17-6-5-7-19(12-17)25(29)30)22-15-32-24(23(22)28)18-8-10-20(11-9-18)26(2,3)4;1-11(26-9-20(29)13-3-5-15(23(30)31)19(8-13)27(32)33)16-10-35-22(21(16)34-12(2)28)14-4-6-17(24)18(25)7-14;1-13(27-12-18(33)11-14-4-3-5-16(10-14)22(31)32)19-21(30)20(29(2)28-19)15-6-8-17(9-7-15)23(24,25)26;1-12(27-10-16(29)17-6-7-18(33-17)21(31)26-8-9-28)15-11-32-20(19(15)30)13-2-4-14(5-3-13)22(23,24)25/h5-12,15,28H,13-14H2,1-4H3,(H,29,30);3-8,10H,9H2,1-2H3,(H,30,31);3-10,30H,11-12H2,1-2H3,(H,31,32);2-7,11,28,30H,8-10H2,1H3,(H,26,31). The monoisotopic (exact) mass is 1970 g/mol. The highest BCUT2D eigenvalue weighted by atomic mass is 35.5. The van der Waals surface area contributed by atoms with E-state index in [1.807, 2.05) is 30.5 Å². The molecule has 8 N–H and O–H groups in total. The van der Waals surface area contributed by atoms with E-state index in [0.717, 1.165) is 86.4 Å². The number of aliphatic hydroxyl groups excluding tert-OH is 1. The number of aromatic carboxylic acids is 3. The SMILES string of the molecule is CC(=NCC(=O)c1ccc(C(=O)NCCO)s1)c1csc(-c2ccc(C(F)(F)F)cc2)c1O.CC(=NCC(=S)Cc1cccc(C(=O)O)c1)c1csc(-c2ccc(C(C)(C)C)cc2)c1O.CC(=NCC(=S)Cc1cccc(C(=O)O)c1)c1nn(C)c(-c2ccc(C(F)(F)F)cc2)c1O.CC(=O)Oc1c(C(C)=NCC(=O)c2ccc(C(=O)O)c([N+](=O)[O-])c2)csc1-c1ccc(Cl)c(Cl)c1. The predicted octanol–water partition coefficient (Wildman–Crippen LogP) is 22.0. The predicted molar refractivity (Wildman–Crippen MR) is 513 cm³/mol. The molecule has 0 bridgehead atoms. The summed E-state index contributed by atoms with van der Waals surface area (Å²) in [5.41, 5.74) is 6.92. The van der Waals surface area contributed by atoms with Crippen LogP contribution >= 0.6 is 93.0 Å². The fraction of sp³-hybridized carbons (Fsp3) is 0.213. The third kappa shape index (κ3) is 28.1. The Morgan fingerprint density at radius 3 is 1.43 bits per heavy atom. The number of esters is 1. The van der Waals surface area contributed by atoms with Gasteiger partial charge in [0.05, 0.1) is 87.0 Å². The Kier molecular flexibility index (Phi) is 35.8. The number of aromatic hydroxyl groups is 3. The van der Waals surface area contributed by atoms with Gasteiger partial charge in [-0.3, -0.25) is 53.9 Å². The number of thiocarbonyl (C=S) groups is 2.